The highest BCUT2D eigenvalue weighted by atomic mass is 16.3. The van der Waals surface area contributed by atoms with Crippen LogP contribution >= 0.6 is 0 Å². The van der Waals surface area contributed by atoms with Gasteiger partial charge in [-0.05, 0) is 33.2 Å². The molecule has 0 radical (unpaired) electrons. The molecular formula is C12H27NO. The fraction of sp³-hybridized carbons (Fsp3) is 1.00. The van der Waals surface area contributed by atoms with Crippen LogP contribution in [0.4, 0.5) is 0 Å². The maximum absolute atomic E-state index is 8.78. The molecule has 0 aromatic rings. The van der Waals surface area contributed by atoms with Gasteiger partial charge < -0.3 is 10.0 Å². The van der Waals surface area contributed by atoms with Gasteiger partial charge in [0.15, 0.2) is 0 Å². The number of nitrogens with zero attached hydrogens (tertiary/aromatic N) is 1. The fourth-order valence-electron chi connectivity index (χ4n) is 1.64. The number of aliphatic hydroxyl groups is 1. The summed E-state index contributed by atoms with van der Waals surface area (Å²) in [7, 11) is 0. The highest BCUT2D eigenvalue weighted by Crippen LogP contribution is 2.05. The van der Waals surface area contributed by atoms with E-state index in [9.17, 15) is 0 Å². The minimum Gasteiger partial charge on any atom is -0.396 e. The predicted molar refractivity (Wildman–Crippen MR) is 62.6 cm³/mol. The Hall–Kier alpha value is -0.0800. The lowest BCUT2D eigenvalue weighted by Gasteiger charge is -2.26. The maximum atomic E-state index is 8.78. The molecule has 0 saturated carbocycles. The highest BCUT2D eigenvalue weighted by molar-refractivity contribution is 4.62. The molecule has 0 saturated heterocycles. The van der Waals surface area contributed by atoms with E-state index in [4.69, 9.17) is 5.11 Å². The van der Waals surface area contributed by atoms with Gasteiger partial charge in [-0.3, -0.25) is 0 Å². The Kier molecular flexibility index (Phi) is 9.42. The first-order valence-electron chi connectivity index (χ1n) is 6.07. The van der Waals surface area contributed by atoms with Gasteiger partial charge in [0, 0.05) is 19.2 Å². The van der Waals surface area contributed by atoms with E-state index in [0.717, 1.165) is 13.0 Å². The van der Waals surface area contributed by atoms with Gasteiger partial charge in [0.2, 0.25) is 0 Å². The summed E-state index contributed by atoms with van der Waals surface area (Å²) in [5.74, 6) is 0. The first kappa shape index (κ1) is 13.9. The van der Waals surface area contributed by atoms with E-state index < -0.39 is 0 Å². The third-order valence-corrected chi connectivity index (χ3v) is 2.63. The molecule has 2 nitrogen and oxygen atoms in total. The summed E-state index contributed by atoms with van der Waals surface area (Å²) in [5.41, 5.74) is 0. The van der Waals surface area contributed by atoms with Gasteiger partial charge in [0.1, 0.15) is 0 Å². The molecule has 0 amide bonds. The molecule has 0 atom stereocenters. The standard InChI is InChI=1S/C12H27NO/c1-4-5-6-7-9-13(12(2)3)10-8-11-14/h12,14H,4-11H2,1-3H3. The summed E-state index contributed by atoms with van der Waals surface area (Å²) in [6.07, 6.45) is 6.21. The van der Waals surface area contributed by atoms with Crippen LogP contribution in [0.25, 0.3) is 0 Å². The Morgan fingerprint density at radius 1 is 1.00 bits per heavy atom. The van der Waals surface area contributed by atoms with Gasteiger partial charge in [-0.25, -0.2) is 0 Å². The predicted octanol–water partition coefficient (Wildman–Crippen LogP) is 2.66. The monoisotopic (exact) mass is 201 g/mol. The number of unbranched alkanes of at least 4 members (excludes halogenated alkanes) is 3. The van der Waals surface area contributed by atoms with Crippen LogP contribution in [0.3, 0.4) is 0 Å². The first-order chi connectivity index (χ1) is 6.72. The number of hydrogen-bond acceptors (Lipinski definition) is 2. The van der Waals surface area contributed by atoms with Crippen molar-refractivity contribution in [1.82, 2.24) is 4.90 Å². The zero-order valence-corrected chi connectivity index (χ0v) is 10.1. The first-order valence-corrected chi connectivity index (χ1v) is 6.07. The van der Waals surface area contributed by atoms with E-state index in [1.807, 2.05) is 0 Å². The summed E-state index contributed by atoms with van der Waals surface area (Å²) in [6, 6.07) is 0.614. The third kappa shape index (κ3) is 7.34. The topological polar surface area (TPSA) is 23.5 Å². The quantitative estimate of drug-likeness (QED) is 0.580. The molecule has 0 unspecified atom stereocenters. The lowest BCUT2D eigenvalue weighted by molar-refractivity contribution is 0.188. The van der Waals surface area contributed by atoms with Crippen LogP contribution in [0.5, 0.6) is 0 Å². The van der Waals surface area contributed by atoms with Crippen LogP contribution in [-0.2, 0) is 0 Å². The molecule has 0 fully saturated rings. The Bertz CT molecular complexity index is 115. The van der Waals surface area contributed by atoms with E-state index in [1.165, 1.54) is 32.2 Å². The van der Waals surface area contributed by atoms with E-state index in [-0.39, 0.29) is 0 Å². The Balaban J connectivity index is 3.52. The van der Waals surface area contributed by atoms with Gasteiger partial charge >= 0.3 is 0 Å². The zero-order chi connectivity index (χ0) is 10.8. The van der Waals surface area contributed by atoms with E-state index in [2.05, 4.69) is 25.7 Å². The van der Waals surface area contributed by atoms with Crippen molar-refractivity contribution in [2.45, 2.75) is 58.9 Å². The van der Waals surface area contributed by atoms with Gasteiger partial charge in [0.25, 0.3) is 0 Å². The van der Waals surface area contributed by atoms with Crippen LogP contribution in [0.2, 0.25) is 0 Å². The molecule has 0 spiro atoms. The van der Waals surface area contributed by atoms with Gasteiger partial charge in [-0.1, -0.05) is 26.2 Å². The number of aliphatic hydroxyl groups excluding tert-OH is 1. The minimum atomic E-state index is 0.318. The van der Waals surface area contributed by atoms with Crippen molar-refractivity contribution < 1.29 is 5.11 Å². The van der Waals surface area contributed by atoms with Crippen molar-refractivity contribution in [2.24, 2.45) is 0 Å². The van der Waals surface area contributed by atoms with Crippen molar-refractivity contribution in [3.8, 4) is 0 Å². The minimum absolute atomic E-state index is 0.318. The summed E-state index contributed by atoms with van der Waals surface area (Å²) >= 11 is 0. The van der Waals surface area contributed by atoms with Crippen molar-refractivity contribution in [3.63, 3.8) is 0 Å². The molecule has 0 aromatic carbocycles. The summed E-state index contributed by atoms with van der Waals surface area (Å²) in [6.45, 7) is 9.26. The lowest BCUT2D eigenvalue weighted by Crippen LogP contribution is -2.33. The zero-order valence-electron chi connectivity index (χ0n) is 10.1. The van der Waals surface area contributed by atoms with Crippen molar-refractivity contribution in [3.05, 3.63) is 0 Å². The number of rotatable bonds is 9. The van der Waals surface area contributed by atoms with Crippen molar-refractivity contribution >= 4 is 0 Å². The molecule has 2 heteroatoms. The number of hydrogen-bond donors (Lipinski definition) is 1. The molecular weight excluding hydrogens is 174 g/mol. The van der Waals surface area contributed by atoms with Gasteiger partial charge in [-0.15, -0.1) is 0 Å². The lowest BCUT2D eigenvalue weighted by atomic mass is 10.2. The van der Waals surface area contributed by atoms with Crippen LogP contribution in [0.15, 0.2) is 0 Å². The average molecular weight is 201 g/mol. The van der Waals surface area contributed by atoms with E-state index in [1.54, 1.807) is 0 Å². The molecule has 0 bridgehead atoms. The van der Waals surface area contributed by atoms with Crippen LogP contribution in [0, 0.1) is 0 Å². The molecule has 0 heterocycles. The Morgan fingerprint density at radius 3 is 2.14 bits per heavy atom. The summed E-state index contributed by atoms with van der Waals surface area (Å²) < 4.78 is 0. The molecule has 0 aliphatic rings. The average Bonchev–Trinajstić information content (AvgIpc) is 2.16. The van der Waals surface area contributed by atoms with Gasteiger partial charge in [-0.2, -0.15) is 0 Å². The van der Waals surface area contributed by atoms with Gasteiger partial charge in [0.05, 0.1) is 0 Å². The maximum Gasteiger partial charge on any atom is 0.0443 e. The second-order valence-corrected chi connectivity index (χ2v) is 4.27. The fourth-order valence-corrected chi connectivity index (χ4v) is 1.64. The molecule has 14 heavy (non-hydrogen) atoms. The smallest absolute Gasteiger partial charge is 0.0443 e. The summed E-state index contributed by atoms with van der Waals surface area (Å²) in [5, 5.41) is 8.78. The Labute approximate surface area is 89.3 Å². The van der Waals surface area contributed by atoms with Crippen LogP contribution < -0.4 is 0 Å². The molecule has 86 valence electrons. The molecule has 0 aliphatic heterocycles. The van der Waals surface area contributed by atoms with Crippen molar-refractivity contribution in [1.29, 1.82) is 0 Å². The Morgan fingerprint density at radius 2 is 1.64 bits per heavy atom. The van der Waals surface area contributed by atoms with E-state index >= 15 is 0 Å². The second-order valence-electron chi connectivity index (χ2n) is 4.27. The van der Waals surface area contributed by atoms with E-state index in [0.29, 0.717) is 12.6 Å². The van der Waals surface area contributed by atoms with Crippen LogP contribution in [-0.4, -0.2) is 35.7 Å². The molecule has 0 aliphatic carbocycles. The molecule has 0 rings (SSSR count). The van der Waals surface area contributed by atoms with Crippen molar-refractivity contribution in [2.75, 3.05) is 19.7 Å². The third-order valence-electron chi connectivity index (χ3n) is 2.63. The highest BCUT2D eigenvalue weighted by Gasteiger charge is 2.07. The largest absolute Gasteiger partial charge is 0.396 e. The normalized spacial score (nSPS) is 11.6. The molecule has 0 aromatic heterocycles. The van der Waals surface area contributed by atoms with Crippen LogP contribution in [0.1, 0.15) is 52.9 Å². The molecule has 1 N–H and O–H groups in total. The SMILES string of the molecule is CCCCCCN(CCCO)C(C)C. The summed E-state index contributed by atoms with van der Waals surface area (Å²) in [4.78, 5) is 2.46. The second kappa shape index (κ2) is 9.47.